The van der Waals surface area contributed by atoms with Crippen LogP contribution in [0.2, 0.25) is 5.02 Å². The second-order valence-electron chi connectivity index (χ2n) is 6.23. The van der Waals surface area contributed by atoms with E-state index < -0.39 is 9.84 Å². The van der Waals surface area contributed by atoms with Gasteiger partial charge in [0, 0.05) is 17.1 Å². The molecule has 1 aromatic carbocycles. The lowest BCUT2D eigenvalue weighted by Crippen LogP contribution is -2.14. The molecule has 1 aromatic heterocycles. The highest BCUT2D eigenvalue weighted by Gasteiger charge is 2.29. The Kier molecular flexibility index (Phi) is 5.89. The second-order valence-corrected chi connectivity index (χ2v) is 9.82. The van der Waals surface area contributed by atoms with E-state index in [4.69, 9.17) is 16.0 Å². The predicted molar refractivity (Wildman–Crippen MR) is 100 cm³/mol. The van der Waals surface area contributed by atoms with Gasteiger partial charge in [-0.15, -0.1) is 10.2 Å². The van der Waals surface area contributed by atoms with Crippen molar-refractivity contribution < 1.29 is 17.6 Å². The van der Waals surface area contributed by atoms with Gasteiger partial charge in [-0.2, -0.15) is 0 Å². The number of rotatable bonds is 6. The molecule has 0 bridgehead atoms. The Bertz CT molecular complexity index is 914. The summed E-state index contributed by atoms with van der Waals surface area (Å²) in [7, 11) is -2.92. The van der Waals surface area contributed by atoms with Crippen molar-refractivity contribution in [1.29, 1.82) is 0 Å². The van der Waals surface area contributed by atoms with Crippen LogP contribution >= 0.6 is 23.4 Å². The molecule has 0 saturated carbocycles. The molecule has 0 radical (unpaired) electrons. The molecule has 1 saturated heterocycles. The van der Waals surface area contributed by atoms with Gasteiger partial charge in [-0.3, -0.25) is 4.79 Å². The summed E-state index contributed by atoms with van der Waals surface area (Å²) in [5, 5.41) is 11.5. The maximum atomic E-state index is 12.1. The number of thioether (sulfide) groups is 1. The second kappa shape index (κ2) is 7.98. The molecule has 1 amide bonds. The number of halogens is 1. The van der Waals surface area contributed by atoms with Gasteiger partial charge in [0.15, 0.2) is 9.84 Å². The molecule has 1 fully saturated rings. The monoisotopic (exact) mass is 415 g/mol. The fourth-order valence-corrected chi connectivity index (χ4v) is 5.32. The van der Waals surface area contributed by atoms with Crippen LogP contribution in [0.15, 0.2) is 27.8 Å². The number of anilines is 1. The molecule has 0 unspecified atom stereocenters. The molecule has 2 aromatic rings. The Balaban J connectivity index is 1.50. The van der Waals surface area contributed by atoms with Crippen LogP contribution in [0.25, 0.3) is 0 Å². The summed E-state index contributed by atoms with van der Waals surface area (Å²) in [6.45, 7) is 1.88. The van der Waals surface area contributed by atoms with Crippen molar-refractivity contribution in [2.45, 2.75) is 25.0 Å². The number of nitrogens with one attached hydrogen (secondary N) is 1. The first kappa shape index (κ1) is 19.2. The average Bonchev–Trinajstić information content (AvgIpc) is 3.15. The number of aryl methyl sites for hydroxylation is 1. The number of sulfone groups is 1. The van der Waals surface area contributed by atoms with Gasteiger partial charge in [0.1, 0.15) is 0 Å². The SMILES string of the molecule is Cc1ccc(Cl)cc1NC(=O)CSc1nnc(C[C@H]2CCS(=O)(=O)C2)o1. The van der Waals surface area contributed by atoms with E-state index in [9.17, 15) is 13.2 Å². The van der Waals surface area contributed by atoms with Gasteiger partial charge in [-0.25, -0.2) is 8.42 Å². The van der Waals surface area contributed by atoms with E-state index in [0.717, 1.165) is 17.3 Å². The van der Waals surface area contributed by atoms with E-state index in [1.54, 1.807) is 12.1 Å². The molecule has 0 aliphatic carbocycles. The highest BCUT2D eigenvalue weighted by molar-refractivity contribution is 7.99. The number of benzene rings is 1. The number of hydrogen-bond acceptors (Lipinski definition) is 7. The van der Waals surface area contributed by atoms with Crippen molar-refractivity contribution in [1.82, 2.24) is 10.2 Å². The Hall–Kier alpha value is -1.58. The third-order valence-corrected chi connectivity index (χ3v) is 6.93. The van der Waals surface area contributed by atoms with Crippen molar-refractivity contribution in [3.63, 3.8) is 0 Å². The van der Waals surface area contributed by atoms with Crippen LogP contribution in [0, 0.1) is 12.8 Å². The van der Waals surface area contributed by atoms with Gasteiger partial charge in [-0.05, 0) is 37.0 Å². The fourth-order valence-electron chi connectivity index (χ4n) is 2.70. The quantitative estimate of drug-likeness (QED) is 0.723. The summed E-state index contributed by atoms with van der Waals surface area (Å²) in [6.07, 6.45) is 1.06. The van der Waals surface area contributed by atoms with Gasteiger partial charge >= 0.3 is 0 Å². The molecule has 1 atom stereocenters. The smallest absolute Gasteiger partial charge is 0.277 e. The highest BCUT2D eigenvalue weighted by Crippen LogP contribution is 2.24. The number of nitrogens with zero attached hydrogens (tertiary/aromatic N) is 2. The molecular formula is C16H18ClN3O4S2. The Morgan fingerprint density at radius 2 is 2.23 bits per heavy atom. The number of aromatic nitrogens is 2. The first-order valence-corrected chi connectivity index (χ1v) is 11.2. The van der Waals surface area contributed by atoms with E-state index in [1.807, 2.05) is 13.0 Å². The summed E-state index contributed by atoms with van der Waals surface area (Å²) in [4.78, 5) is 12.1. The zero-order valence-corrected chi connectivity index (χ0v) is 16.5. The molecular weight excluding hydrogens is 398 g/mol. The Labute approximate surface area is 160 Å². The lowest BCUT2D eigenvalue weighted by atomic mass is 10.1. The zero-order chi connectivity index (χ0) is 18.7. The first-order valence-electron chi connectivity index (χ1n) is 8.02. The molecule has 10 heteroatoms. The number of hydrogen-bond donors (Lipinski definition) is 1. The van der Waals surface area contributed by atoms with Crippen LogP contribution in [0.5, 0.6) is 0 Å². The van der Waals surface area contributed by atoms with Crippen molar-refractivity contribution in [3.8, 4) is 0 Å². The molecule has 3 rings (SSSR count). The molecule has 140 valence electrons. The van der Waals surface area contributed by atoms with Gasteiger partial charge in [0.05, 0.1) is 17.3 Å². The van der Waals surface area contributed by atoms with E-state index in [-0.39, 0.29) is 29.1 Å². The maximum absolute atomic E-state index is 12.1. The van der Waals surface area contributed by atoms with E-state index in [0.29, 0.717) is 34.7 Å². The van der Waals surface area contributed by atoms with Gasteiger partial charge in [-0.1, -0.05) is 29.4 Å². The summed E-state index contributed by atoms with van der Waals surface area (Å²) >= 11 is 7.07. The Morgan fingerprint density at radius 1 is 1.42 bits per heavy atom. The average molecular weight is 416 g/mol. The summed E-state index contributed by atoms with van der Waals surface area (Å²) in [5.41, 5.74) is 1.58. The largest absolute Gasteiger partial charge is 0.416 e. The topological polar surface area (TPSA) is 102 Å². The van der Waals surface area contributed by atoms with Crippen LogP contribution in [-0.4, -0.2) is 41.8 Å². The molecule has 1 N–H and O–H groups in total. The highest BCUT2D eigenvalue weighted by atomic mass is 35.5. The van der Waals surface area contributed by atoms with E-state index in [1.165, 1.54) is 0 Å². The molecule has 0 spiro atoms. The lowest BCUT2D eigenvalue weighted by molar-refractivity contribution is -0.113. The van der Waals surface area contributed by atoms with Gasteiger partial charge < -0.3 is 9.73 Å². The molecule has 1 aliphatic heterocycles. The molecule has 1 aliphatic rings. The van der Waals surface area contributed by atoms with Crippen LogP contribution in [-0.2, 0) is 21.1 Å². The summed E-state index contributed by atoms with van der Waals surface area (Å²) < 4.78 is 28.5. The van der Waals surface area contributed by atoms with Crippen molar-refractivity contribution >= 4 is 44.8 Å². The third-order valence-electron chi connectivity index (χ3n) is 4.04. The van der Waals surface area contributed by atoms with Gasteiger partial charge in [0.25, 0.3) is 5.22 Å². The van der Waals surface area contributed by atoms with Gasteiger partial charge in [0.2, 0.25) is 11.8 Å². The van der Waals surface area contributed by atoms with E-state index in [2.05, 4.69) is 15.5 Å². The minimum atomic E-state index is -2.92. The number of carbonyl (C=O) groups is 1. The van der Waals surface area contributed by atoms with Crippen LogP contribution in [0.1, 0.15) is 17.9 Å². The normalized spacial score (nSPS) is 18.8. The minimum absolute atomic E-state index is 0.0207. The molecule has 2 heterocycles. The predicted octanol–water partition coefficient (Wildman–Crippen LogP) is 2.74. The number of carbonyl (C=O) groups excluding carboxylic acids is 1. The van der Waals surface area contributed by atoms with E-state index >= 15 is 0 Å². The van der Waals surface area contributed by atoms with Crippen molar-refractivity contribution in [2.75, 3.05) is 22.6 Å². The van der Waals surface area contributed by atoms with Crippen LogP contribution in [0.3, 0.4) is 0 Å². The fraction of sp³-hybridized carbons (Fsp3) is 0.438. The standard InChI is InChI=1S/C16H18ClN3O4S2/c1-10-2-3-12(17)7-13(10)18-14(21)8-25-16-20-19-15(24-16)6-11-4-5-26(22,23)9-11/h2-3,7,11H,4-6,8-9H2,1H3,(H,18,21)/t11-/m1/s1. The maximum Gasteiger partial charge on any atom is 0.277 e. The number of amides is 1. The lowest BCUT2D eigenvalue weighted by Gasteiger charge is -2.07. The molecule has 26 heavy (non-hydrogen) atoms. The first-order chi connectivity index (χ1) is 12.3. The van der Waals surface area contributed by atoms with Crippen LogP contribution in [0.4, 0.5) is 5.69 Å². The Morgan fingerprint density at radius 3 is 2.96 bits per heavy atom. The molecule has 7 nitrogen and oxygen atoms in total. The minimum Gasteiger partial charge on any atom is -0.416 e. The summed E-state index contributed by atoms with van der Waals surface area (Å²) in [5.74, 6) is 0.719. The van der Waals surface area contributed by atoms with Crippen molar-refractivity contribution in [3.05, 3.63) is 34.7 Å². The van der Waals surface area contributed by atoms with Crippen molar-refractivity contribution in [2.24, 2.45) is 5.92 Å². The zero-order valence-electron chi connectivity index (χ0n) is 14.1. The summed E-state index contributed by atoms with van der Waals surface area (Å²) in [6, 6.07) is 5.29. The van der Waals surface area contributed by atoms with Crippen LogP contribution < -0.4 is 5.32 Å². The third kappa shape index (κ3) is 5.21.